The second kappa shape index (κ2) is 18.2. The van der Waals surface area contributed by atoms with Crippen molar-refractivity contribution < 1.29 is 18.4 Å². The van der Waals surface area contributed by atoms with Crippen LogP contribution in [0.25, 0.3) is 0 Å². The predicted molar refractivity (Wildman–Crippen MR) is 189 cm³/mol. The first kappa shape index (κ1) is 34.9. The molecule has 0 radical (unpaired) electrons. The highest BCUT2D eigenvalue weighted by molar-refractivity contribution is 6.09. The molecular weight excluding hydrogens is 608 g/mol. The van der Waals surface area contributed by atoms with Crippen LogP contribution < -0.4 is 25.8 Å². The molecule has 0 unspecified atom stereocenters. The Morgan fingerprint density at radius 3 is 0.979 bits per heavy atom. The molecule has 3 N–H and O–H groups in total. The summed E-state index contributed by atoms with van der Waals surface area (Å²) in [7, 11) is 0. The molecule has 9 heteroatoms. The van der Waals surface area contributed by atoms with E-state index in [0.29, 0.717) is 11.1 Å². The van der Waals surface area contributed by atoms with Crippen molar-refractivity contribution in [2.75, 3.05) is 75.2 Å². The van der Waals surface area contributed by atoms with Gasteiger partial charge in [0, 0.05) is 86.0 Å². The van der Waals surface area contributed by atoms with E-state index >= 15 is 0 Å². The molecule has 0 atom stereocenters. The fraction of sp³-hybridized carbons (Fsp3) is 0.333. The summed E-state index contributed by atoms with van der Waals surface area (Å²) in [5, 5.41) is 10.0. The molecule has 3 heterocycles. The highest BCUT2D eigenvalue weighted by Crippen LogP contribution is 2.21. The maximum Gasteiger partial charge on any atom is 0.193 e. The lowest BCUT2D eigenvalue weighted by Gasteiger charge is -2.29. The lowest BCUT2D eigenvalue weighted by Crippen LogP contribution is -2.43. The molecule has 3 aliphatic rings. The fourth-order valence-electron chi connectivity index (χ4n) is 5.83. The van der Waals surface area contributed by atoms with Crippen molar-refractivity contribution in [3.63, 3.8) is 0 Å². The van der Waals surface area contributed by atoms with E-state index < -0.39 is 11.6 Å². The van der Waals surface area contributed by atoms with Crippen LogP contribution in [0.5, 0.6) is 0 Å². The summed E-state index contributed by atoms with van der Waals surface area (Å²) >= 11 is 0. The number of piperazine rings is 2. The molecule has 0 saturated carbocycles. The van der Waals surface area contributed by atoms with Crippen LogP contribution in [-0.4, -0.2) is 77.0 Å². The van der Waals surface area contributed by atoms with E-state index in [0.717, 1.165) is 63.5 Å². The van der Waals surface area contributed by atoms with Gasteiger partial charge in [0.1, 0.15) is 11.6 Å². The van der Waals surface area contributed by atoms with E-state index in [1.54, 1.807) is 0 Å². The molecule has 7 nitrogen and oxygen atoms in total. The van der Waals surface area contributed by atoms with Gasteiger partial charge in [-0.25, -0.2) is 8.78 Å². The van der Waals surface area contributed by atoms with E-state index in [-0.39, 0.29) is 11.6 Å². The topological polar surface area (TPSA) is 76.7 Å². The number of benzene rings is 4. The van der Waals surface area contributed by atoms with Gasteiger partial charge in [0.15, 0.2) is 11.6 Å². The molecule has 4 aromatic rings. The number of rotatable bonds is 6. The summed E-state index contributed by atoms with van der Waals surface area (Å²) < 4.78 is 25.3. The minimum atomic E-state index is -0.393. The minimum Gasteiger partial charge on any atom is -0.369 e. The van der Waals surface area contributed by atoms with Gasteiger partial charge < -0.3 is 25.8 Å². The van der Waals surface area contributed by atoms with Gasteiger partial charge in [-0.2, -0.15) is 0 Å². The van der Waals surface area contributed by atoms with Gasteiger partial charge >= 0.3 is 0 Å². The number of carbonyl (C=O) groups is 2. The highest BCUT2D eigenvalue weighted by Gasteiger charge is 2.15. The molecule has 4 aromatic carbocycles. The van der Waals surface area contributed by atoms with Crippen LogP contribution in [0, 0.1) is 11.6 Å². The third kappa shape index (κ3) is 10.3. The lowest BCUT2D eigenvalue weighted by atomic mass is 10.0. The second-order valence-electron chi connectivity index (χ2n) is 12.1. The molecule has 252 valence electrons. The number of hydrogen-bond acceptors (Lipinski definition) is 7. The Bertz CT molecular complexity index is 1440. The minimum absolute atomic E-state index is 0.0868. The molecule has 3 saturated heterocycles. The van der Waals surface area contributed by atoms with E-state index in [1.807, 2.05) is 24.3 Å². The zero-order valence-corrected chi connectivity index (χ0v) is 27.4. The Balaban J connectivity index is 0.000000173. The zero-order chi connectivity index (χ0) is 33.6. The molecule has 0 spiro atoms. The van der Waals surface area contributed by atoms with Crippen molar-refractivity contribution in [1.82, 2.24) is 16.0 Å². The van der Waals surface area contributed by atoms with Crippen molar-refractivity contribution in [3.8, 4) is 0 Å². The smallest absolute Gasteiger partial charge is 0.193 e. The second-order valence-corrected chi connectivity index (χ2v) is 12.1. The largest absolute Gasteiger partial charge is 0.369 e. The summed E-state index contributed by atoms with van der Waals surface area (Å²) in [5.41, 5.74) is 4.65. The van der Waals surface area contributed by atoms with Crippen molar-refractivity contribution >= 4 is 22.9 Å². The first-order valence-corrected chi connectivity index (χ1v) is 16.9. The van der Waals surface area contributed by atoms with Crippen molar-refractivity contribution in [2.45, 2.75) is 19.3 Å². The number of hydrogen-bond donors (Lipinski definition) is 3. The Morgan fingerprint density at radius 1 is 0.417 bits per heavy atom. The number of halogens is 2. The Hall–Kier alpha value is -4.44. The first-order valence-electron chi connectivity index (χ1n) is 16.9. The zero-order valence-electron chi connectivity index (χ0n) is 27.4. The van der Waals surface area contributed by atoms with Crippen LogP contribution in [0.1, 0.15) is 51.1 Å². The molecule has 48 heavy (non-hydrogen) atoms. The Morgan fingerprint density at radius 2 is 0.708 bits per heavy atom. The number of carbonyl (C=O) groups excluding carboxylic acids is 2. The predicted octanol–water partition coefficient (Wildman–Crippen LogP) is 5.69. The molecule has 0 bridgehead atoms. The maximum absolute atomic E-state index is 12.8. The van der Waals surface area contributed by atoms with Crippen LogP contribution in [-0.2, 0) is 0 Å². The van der Waals surface area contributed by atoms with Crippen molar-refractivity contribution in [1.29, 1.82) is 0 Å². The van der Waals surface area contributed by atoms with E-state index in [4.69, 9.17) is 0 Å². The van der Waals surface area contributed by atoms with Gasteiger partial charge in [-0.05, 0) is 123 Å². The van der Waals surface area contributed by atoms with E-state index in [1.165, 1.54) is 92.3 Å². The van der Waals surface area contributed by atoms with Gasteiger partial charge in [0.2, 0.25) is 0 Å². The van der Waals surface area contributed by atoms with E-state index in [2.05, 4.69) is 50.0 Å². The molecule has 0 aliphatic carbocycles. The average Bonchev–Trinajstić information content (AvgIpc) is 3.17. The molecular formula is C39H45F2N5O2. The molecule has 3 aliphatic heterocycles. The summed E-state index contributed by atoms with van der Waals surface area (Å²) in [6, 6.07) is 26.5. The van der Waals surface area contributed by atoms with E-state index in [9.17, 15) is 18.4 Å². The number of piperidine rings is 1. The summed E-state index contributed by atoms with van der Waals surface area (Å²) in [5.74, 6) is -0.949. The van der Waals surface area contributed by atoms with Crippen LogP contribution in [0.3, 0.4) is 0 Å². The standard InChI is InChI=1S/C21H26N4O.C13H8F2O.C5H11N/c26-21(17-1-5-19(6-2-17)24-13-9-22-10-14-24)18-3-7-20(8-4-18)25-15-11-23-12-16-25;14-11-5-1-9(2-6-11)13(16)10-3-7-12(15)8-4-10;1-2-4-6-5-3-1/h1-8,22-23H,9-16H2;1-8H;6H,1-5H2. The van der Waals surface area contributed by atoms with Gasteiger partial charge in [-0.15, -0.1) is 0 Å². The normalized spacial score (nSPS) is 16.1. The van der Waals surface area contributed by atoms with Crippen LogP contribution in [0.2, 0.25) is 0 Å². The summed E-state index contributed by atoms with van der Waals surface area (Å²) in [6.45, 7) is 10.6. The third-order valence-electron chi connectivity index (χ3n) is 8.64. The van der Waals surface area contributed by atoms with Crippen molar-refractivity contribution in [2.24, 2.45) is 0 Å². The Labute approximate surface area is 282 Å². The number of anilines is 2. The van der Waals surface area contributed by atoms with Gasteiger partial charge in [-0.1, -0.05) is 6.42 Å². The van der Waals surface area contributed by atoms with Gasteiger partial charge in [-0.3, -0.25) is 9.59 Å². The van der Waals surface area contributed by atoms with Crippen LogP contribution >= 0.6 is 0 Å². The number of ketones is 2. The third-order valence-corrected chi connectivity index (χ3v) is 8.64. The average molecular weight is 654 g/mol. The number of nitrogens with zero attached hydrogens (tertiary/aromatic N) is 2. The lowest BCUT2D eigenvalue weighted by molar-refractivity contribution is 0.103. The van der Waals surface area contributed by atoms with Gasteiger partial charge in [0.25, 0.3) is 0 Å². The highest BCUT2D eigenvalue weighted by atomic mass is 19.1. The first-order chi connectivity index (χ1) is 23.5. The molecule has 0 amide bonds. The monoisotopic (exact) mass is 653 g/mol. The SMILES string of the molecule is C1CCNCC1.O=C(c1ccc(F)cc1)c1ccc(F)cc1.O=C(c1ccc(N2CCNCC2)cc1)c1ccc(N2CCNCC2)cc1. The molecule has 7 rings (SSSR count). The van der Waals surface area contributed by atoms with Crippen LogP contribution in [0.15, 0.2) is 97.1 Å². The fourth-order valence-corrected chi connectivity index (χ4v) is 5.83. The van der Waals surface area contributed by atoms with Crippen LogP contribution in [0.4, 0.5) is 20.2 Å². The summed E-state index contributed by atoms with van der Waals surface area (Å²) in [4.78, 5) is 29.3. The van der Waals surface area contributed by atoms with Crippen molar-refractivity contribution in [3.05, 3.63) is 131 Å². The molecule has 0 aromatic heterocycles. The quantitative estimate of drug-likeness (QED) is 0.231. The van der Waals surface area contributed by atoms with Gasteiger partial charge in [0.05, 0.1) is 0 Å². The Kier molecular flexibility index (Phi) is 13.2. The number of nitrogens with one attached hydrogen (secondary N) is 3. The molecule has 3 fully saturated rings. The summed E-state index contributed by atoms with van der Waals surface area (Å²) in [6.07, 6.45) is 4.22. The maximum atomic E-state index is 12.8.